The number of halogens is 1. The molecule has 0 bridgehead atoms. The number of aldehydes is 1. The van der Waals surface area contributed by atoms with E-state index in [4.69, 9.17) is 0 Å². The van der Waals surface area contributed by atoms with E-state index in [0.717, 1.165) is 0 Å². The van der Waals surface area contributed by atoms with Crippen LogP contribution in [0.4, 0.5) is 4.39 Å². The maximum Gasteiger partial charge on any atom is 0.333 e. The lowest BCUT2D eigenvalue weighted by Gasteiger charge is -2.09. The Morgan fingerprint density at radius 1 is 1.00 bits per heavy atom. The zero-order chi connectivity index (χ0) is 17.1. The molecule has 3 rings (SSSR count). The minimum atomic E-state index is -0.353. The third-order valence-electron chi connectivity index (χ3n) is 3.77. The van der Waals surface area contributed by atoms with Crippen LogP contribution in [0.15, 0.2) is 65.5 Å². The first-order chi connectivity index (χ1) is 11.6. The number of carbonyl (C=O) groups is 1. The summed E-state index contributed by atoms with van der Waals surface area (Å²) in [6.07, 6.45) is 3.56. The largest absolute Gasteiger partial charge is 0.333 e. The molecule has 0 amide bonds. The van der Waals surface area contributed by atoms with Crippen molar-refractivity contribution in [2.45, 2.75) is 0 Å². The summed E-state index contributed by atoms with van der Waals surface area (Å²) in [6, 6.07) is 15.1. The van der Waals surface area contributed by atoms with Gasteiger partial charge in [-0.25, -0.2) is 9.18 Å². The fourth-order valence-electron chi connectivity index (χ4n) is 2.64. The second kappa shape index (κ2) is 6.50. The maximum atomic E-state index is 13.3. The van der Waals surface area contributed by atoms with Crippen molar-refractivity contribution in [1.29, 1.82) is 0 Å². The van der Waals surface area contributed by atoms with Gasteiger partial charge in [-0.2, -0.15) is 0 Å². The Morgan fingerprint density at radius 3 is 2.29 bits per heavy atom. The van der Waals surface area contributed by atoms with Crippen LogP contribution >= 0.6 is 0 Å². The topological polar surface area (TPSA) is 44.0 Å². The Hall–Kier alpha value is -3.21. The van der Waals surface area contributed by atoms with Gasteiger partial charge in [0.25, 0.3) is 0 Å². The first-order valence-electron chi connectivity index (χ1n) is 7.38. The highest BCUT2D eigenvalue weighted by atomic mass is 19.1. The molecule has 0 saturated heterocycles. The Balaban J connectivity index is 2.36. The van der Waals surface area contributed by atoms with Gasteiger partial charge in [0.1, 0.15) is 12.1 Å². The van der Waals surface area contributed by atoms with Crippen molar-refractivity contribution in [3.05, 3.63) is 82.7 Å². The third kappa shape index (κ3) is 2.72. The van der Waals surface area contributed by atoms with Crippen LogP contribution in [0.1, 0.15) is 5.69 Å². The number of allylic oxidation sites excluding steroid dienone is 1. The summed E-state index contributed by atoms with van der Waals surface area (Å²) in [4.78, 5) is 23.5. The zero-order valence-electron chi connectivity index (χ0n) is 13.0. The smallest absolute Gasteiger partial charge is 0.299 e. The predicted molar refractivity (Wildman–Crippen MR) is 91.5 cm³/mol. The average Bonchev–Trinajstić information content (AvgIpc) is 2.86. The number of imidazole rings is 1. The van der Waals surface area contributed by atoms with Crippen molar-refractivity contribution in [2.75, 3.05) is 0 Å². The van der Waals surface area contributed by atoms with Crippen molar-refractivity contribution in [3.8, 4) is 16.9 Å². The van der Waals surface area contributed by atoms with Gasteiger partial charge >= 0.3 is 5.69 Å². The lowest BCUT2D eigenvalue weighted by atomic mass is 10.1. The Bertz CT molecular complexity index is 952. The molecule has 0 fully saturated rings. The van der Waals surface area contributed by atoms with Crippen LogP contribution in [0.2, 0.25) is 0 Å². The van der Waals surface area contributed by atoms with Crippen molar-refractivity contribution in [1.82, 2.24) is 9.13 Å². The lowest BCUT2D eigenvalue weighted by molar-refractivity contribution is -0.104. The van der Waals surface area contributed by atoms with Gasteiger partial charge in [0, 0.05) is 12.6 Å². The number of hydrogen-bond acceptors (Lipinski definition) is 2. The first kappa shape index (κ1) is 15.7. The molecule has 0 saturated carbocycles. The summed E-state index contributed by atoms with van der Waals surface area (Å²) in [5.41, 5.74) is 2.31. The van der Waals surface area contributed by atoms with Crippen molar-refractivity contribution in [2.24, 2.45) is 7.05 Å². The molecule has 0 spiro atoms. The van der Waals surface area contributed by atoms with Crippen molar-refractivity contribution < 1.29 is 9.18 Å². The Labute approximate surface area is 138 Å². The minimum Gasteiger partial charge on any atom is -0.299 e. The Kier molecular flexibility index (Phi) is 4.24. The highest BCUT2D eigenvalue weighted by Crippen LogP contribution is 2.27. The molecule has 1 aromatic heterocycles. The number of carbonyl (C=O) groups excluding carboxylic acids is 1. The van der Waals surface area contributed by atoms with E-state index in [1.54, 1.807) is 29.8 Å². The van der Waals surface area contributed by atoms with Crippen LogP contribution in [0.3, 0.4) is 0 Å². The molecule has 3 aromatic rings. The third-order valence-corrected chi connectivity index (χ3v) is 3.77. The van der Waals surface area contributed by atoms with Gasteiger partial charge in [-0.05, 0) is 48.6 Å². The molecule has 5 heteroatoms. The van der Waals surface area contributed by atoms with E-state index in [1.807, 2.05) is 30.3 Å². The highest BCUT2D eigenvalue weighted by Gasteiger charge is 2.18. The molecule has 1 heterocycles. The molecule has 120 valence electrons. The molecule has 2 aromatic carbocycles. The van der Waals surface area contributed by atoms with E-state index in [2.05, 4.69) is 0 Å². The molecule has 0 atom stereocenters. The fraction of sp³-hybridized carbons (Fsp3) is 0.0526. The standard InChI is InChI=1S/C19H15FN2O2/c1-21-17(8-5-13-23)18(14-9-11-15(20)12-10-14)22(19(21)24)16-6-3-2-4-7-16/h2-13H,1H3/b8-5+. The minimum absolute atomic E-state index is 0.244. The van der Waals surface area contributed by atoms with Gasteiger partial charge in [0.15, 0.2) is 0 Å². The predicted octanol–water partition coefficient (Wildman–Crippen LogP) is 3.19. The zero-order valence-corrected chi connectivity index (χ0v) is 13.0. The van der Waals surface area contributed by atoms with Crippen LogP contribution in [-0.4, -0.2) is 15.4 Å². The molecule has 24 heavy (non-hydrogen) atoms. The van der Waals surface area contributed by atoms with Gasteiger partial charge in [-0.3, -0.25) is 13.9 Å². The van der Waals surface area contributed by atoms with Crippen LogP contribution in [-0.2, 0) is 11.8 Å². The highest BCUT2D eigenvalue weighted by molar-refractivity contribution is 5.79. The molecule has 0 N–H and O–H groups in total. The number of hydrogen-bond donors (Lipinski definition) is 0. The molecule has 0 unspecified atom stereocenters. The molecule has 4 nitrogen and oxygen atoms in total. The molecule has 0 aliphatic carbocycles. The van der Waals surface area contributed by atoms with Crippen LogP contribution in [0.25, 0.3) is 23.0 Å². The maximum absolute atomic E-state index is 13.3. The van der Waals surface area contributed by atoms with E-state index < -0.39 is 0 Å². The first-order valence-corrected chi connectivity index (χ1v) is 7.38. The number of aromatic nitrogens is 2. The van der Waals surface area contributed by atoms with E-state index in [0.29, 0.717) is 28.9 Å². The number of nitrogens with zero attached hydrogens (tertiary/aromatic N) is 2. The molecular weight excluding hydrogens is 307 g/mol. The summed E-state index contributed by atoms with van der Waals surface area (Å²) in [7, 11) is 1.64. The molecule has 0 aliphatic heterocycles. The van der Waals surface area contributed by atoms with Crippen molar-refractivity contribution >= 4 is 12.4 Å². The van der Waals surface area contributed by atoms with Gasteiger partial charge in [-0.1, -0.05) is 18.2 Å². The molecular formula is C19H15FN2O2. The number of rotatable bonds is 4. The molecule has 0 aliphatic rings. The van der Waals surface area contributed by atoms with Gasteiger partial charge in [-0.15, -0.1) is 0 Å². The lowest BCUT2D eigenvalue weighted by Crippen LogP contribution is -2.21. The Morgan fingerprint density at radius 2 is 1.67 bits per heavy atom. The van der Waals surface area contributed by atoms with Gasteiger partial charge < -0.3 is 0 Å². The van der Waals surface area contributed by atoms with Gasteiger partial charge in [0.2, 0.25) is 0 Å². The summed E-state index contributed by atoms with van der Waals surface area (Å²) in [5.74, 6) is -0.353. The number of benzene rings is 2. The van der Waals surface area contributed by atoms with Crippen molar-refractivity contribution in [3.63, 3.8) is 0 Å². The fourth-order valence-corrected chi connectivity index (χ4v) is 2.64. The monoisotopic (exact) mass is 322 g/mol. The second-order valence-electron chi connectivity index (χ2n) is 5.25. The van der Waals surface area contributed by atoms with Crippen LogP contribution < -0.4 is 5.69 Å². The van der Waals surface area contributed by atoms with Crippen LogP contribution in [0.5, 0.6) is 0 Å². The number of para-hydroxylation sites is 1. The summed E-state index contributed by atoms with van der Waals surface area (Å²) >= 11 is 0. The molecule has 0 radical (unpaired) electrons. The second-order valence-corrected chi connectivity index (χ2v) is 5.25. The van der Waals surface area contributed by atoms with E-state index in [9.17, 15) is 14.0 Å². The normalized spacial score (nSPS) is 11.1. The average molecular weight is 322 g/mol. The van der Waals surface area contributed by atoms with E-state index >= 15 is 0 Å². The van der Waals surface area contributed by atoms with E-state index in [-0.39, 0.29) is 11.5 Å². The summed E-state index contributed by atoms with van der Waals surface area (Å²) in [5, 5.41) is 0. The van der Waals surface area contributed by atoms with Crippen LogP contribution in [0, 0.1) is 5.82 Å². The summed E-state index contributed by atoms with van der Waals surface area (Å²) in [6.45, 7) is 0. The van der Waals surface area contributed by atoms with E-state index in [1.165, 1.54) is 22.8 Å². The van der Waals surface area contributed by atoms with Gasteiger partial charge in [0.05, 0.1) is 17.1 Å². The quantitative estimate of drug-likeness (QED) is 0.547. The SMILES string of the molecule is Cn1c(/C=C/C=O)c(-c2ccc(F)cc2)n(-c2ccccc2)c1=O. The summed E-state index contributed by atoms with van der Waals surface area (Å²) < 4.78 is 16.3.